The molecule has 0 aliphatic carbocycles. The zero-order valence-corrected chi connectivity index (χ0v) is 18.2. The molecule has 1 aromatic carbocycles. The number of likely N-dealkylation sites (tertiary alicyclic amines) is 1. The number of rotatable bonds is 6. The summed E-state index contributed by atoms with van der Waals surface area (Å²) in [5.74, 6) is -2.83. The van der Waals surface area contributed by atoms with Crippen LogP contribution in [-0.4, -0.2) is 63.6 Å². The van der Waals surface area contributed by atoms with Crippen molar-refractivity contribution in [2.75, 3.05) is 25.5 Å². The summed E-state index contributed by atoms with van der Waals surface area (Å²) in [6, 6.07) is 2.98. The lowest BCUT2D eigenvalue weighted by molar-refractivity contribution is -0.137. The molecule has 1 fully saturated rings. The van der Waals surface area contributed by atoms with Gasteiger partial charge in [-0.05, 0) is 13.0 Å². The second kappa shape index (κ2) is 8.86. The highest BCUT2D eigenvalue weighted by atomic mass is 19.1. The van der Waals surface area contributed by atoms with Crippen LogP contribution in [0, 0.1) is 34.3 Å². The molecule has 0 spiro atoms. The molecule has 174 valence electrons. The van der Waals surface area contributed by atoms with Gasteiger partial charge < -0.3 is 20.5 Å². The first-order valence-corrected chi connectivity index (χ1v) is 10.3. The van der Waals surface area contributed by atoms with E-state index in [1.54, 1.807) is 0 Å². The van der Waals surface area contributed by atoms with Crippen molar-refractivity contribution >= 4 is 34.4 Å². The fourth-order valence-electron chi connectivity index (χ4n) is 3.69. The summed E-state index contributed by atoms with van der Waals surface area (Å²) in [5, 5.41) is 22.5. The summed E-state index contributed by atoms with van der Waals surface area (Å²) in [7, 11) is 1.47. The summed E-state index contributed by atoms with van der Waals surface area (Å²) < 4.78 is 28.0. The number of aromatic amines is 1. The summed E-state index contributed by atoms with van der Waals surface area (Å²) in [4.78, 5) is 38.0. The van der Waals surface area contributed by atoms with Crippen LogP contribution in [0.5, 0.6) is 0 Å². The maximum Gasteiger partial charge on any atom is 0.255 e. The number of benzene rings is 1. The van der Waals surface area contributed by atoms with Crippen LogP contribution in [0.1, 0.15) is 28.5 Å². The average molecular weight is 466 g/mol. The fraction of sp³-hybridized carbons (Fsp3) is 0.273. The van der Waals surface area contributed by atoms with E-state index < -0.39 is 23.6 Å². The van der Waals surface area contributed by atoms with E-state index in [4.69, 9.17) is 10.7 Å². The third-order valence-electron chi connectivity index (χ3n) is 5.55. The summed E-state index contributed by atoms with van der Waals surface area (Å²) in [6.45, 7) is 2.19. The van der Waals surface area contributed by atoms with Crippen molar-refractivity contribution in [1.29, 1.82) is 10.7 Å². The number of carbonyl (C=O) groups excluding carboxylic acids is 2. The van der Waals surface area contributed by atoms with E-state index in [2.05, 4.69) is 31.7 Å². The monoisotopic (exact) mass is 466 g/mol. The van der Waals surface area contributed by atoms with Crippen LogP contribution in [0.4, 0.5) is 14.5 Å². The Morgan fingerprint density at radius 3 is 2.76 bits per heavy atom. The topological polar surface area (TPSA) is 151 Å². The molecule has 2 aromatic heterocycles. The molecule has 4 rings (SSSR count). The Kier molecular flexibility index (Phi) is 5.93. The Morgan fingerprint density at radius 1 is 1.35 bits per heavy atom. The van der Waals surface area contributed by atoms with Gasteiger partial charge in [0.2, 0.25) is 5.91 Å². The van der Waals surface area contributed by atoms with E-state index in [1.807, 2.05) is 0 Å². The third-order valence-corrected chi connectivity index (χ3v) is 5.55. The zero-order valence-electron chi connectivity index (χ0n) is 18.2. The second-order valence-corrected chi connectivity index (χ2v) is 7.85. The predicted molar refractivity (Wildman–Crippen MR) is 118 cm³/mol. The van der Waals surface area contributed by atoms with Gasteiger partial charge in [0.05, 0.1) is 35.0 Å². The van der Waals surface area contributed by atoms with Crippen molar-refractivity contribution < 1.29 is 18.4 Å². The van der Waals surface area contributed by atoms with Gasteiger partial charge in [0.25, 0.3) is 5.91 Å². The molecule has 3 heterocycles. The number of amides is 2. The number of H-pyrrole nitrogens is 1. The number of carbonyl (C=O) groups is 2. The van der Waals surface area contributed by atoms with Gasteiger partial charge in [0, 0.05) is 38.1 Å². The van der Waals surface area contributed by atoms with Crippen molar-refractivity contribution in [2.24, 2.45) is 5.92 Å². The molecular formula is C22H20F2N8O2. The highest BCUT2D eigenvalue weighted by Gasteiger charge is 2.33. The SMILES string of the molecule is CNc1cc(F)cc(F)c1C(=N)c1cnc2[nH]cc(C(=O)N[C@H](C)C(=O)N3CC(C#N)C3)c2n1. The lowest BCUT2D eigenvalue weighted by Crippen LogP contribution is -2.55. The summed E-state index contributed by atoms with van der Waals surface area (Å²) >= 11 is 0. The molecule has 0 saturated carbocycles. The number of nitrogens with one attached hydrogen (secondary N) is 4. The van der Waals surface area contributed by atoms with Gasteiger partial charge in [0.15, 0.2) is 5.65 Å². The van der Waals surface area contributed by atoms with Crippen LogP contribution in [0.3, 0.4) is 0 Å². The van der Waals surface area contributed by atoms with Gasteiger partial charge in [0.1, 0.15) is 28.9 Å². The smallest absolute Gasteiger partial charge is 0.255 e. The lowest BCUT2D eigenvalue weighted by atomic mass is 10.0. The van der Waals surface area contributed by atoms with E-state index in [9.17, 15) is 18.4 Å². The molecule has 3 aromatic rings. The van der Waals surface area contributed by atoms with E-state index in [-0.39, 0.29) is 51.2 Å². The Morgan fingerprint density at radius 2 is 2.09 bits per heavy atom. The van der Waals surface area contributed by atoms with Crippen LogP contribution in [0.2, 0.25) is 0 Å². The van der Waals surface area contributed by atoms with Crippen LogP contribution < -0.4 is 10.6 Å². The van der Waals surface area contributed by atoms with Crippen molar-refractivity contribution in [3.05, 3.63) is 53.0 Å². The standard InChI is InChI=1S/C22H20F2N8O2/c1-10(22(34)32-8-11(5-25)9-32)30-21(33)13-6-28-20-19(13)31-16(7-29-20)18(26)17-14(24)3-12(23)4-15(17)27-2/h3-4,6-7,10-11,26-27H,8-9H2,1-2H3,(H,28,29)(H,30,33)/t10-/m1/s1. The van der Waals surface area contributed by atoms with Crippen molar-refractivity contribution in [2.45, 2.75) is 13.0 Å². The number of hydrogen-bond donors (Lipinski definition) is 4. The van der Waals surface area contributed by atoms with Gasteiger partial charge >= 0.3 is 0 Å². The Bertz CT molecular complexity index is 1360. The molecule has 0 radical (unpaired) electrons. The Balaban J connectivity index is 1.58. The minimum absolute atomic E-state index is 0.0320. The van der Waals surface area contributed by atoms with Gasteiger partial charge in [-0.25, -0.2) is 18.7 Å². The quantitative estimate of drug-likeness (QED) is 0.407. The number of aromatic nitrogens is 3. The highest BCUT2D eigenvalue weighted by Crippen LogP contribution is 2.24. The van der Waals surface area contributed by atoms with Gasteiger partial charge in [-0.3, -0.25) is 15.0 Å². The predicted octanol–water partition coefficient (Wildman–Crippen LogP) is 1.79. The second-order valence-electron chi connectivity index (χ2n) is 7.85. The maximum atomic E-state index is 14.5. The molecule has 1 atom stereocenters. The maximum absolute atomic E-state index is 14.5. The number of halogens is 2. The number of anilines is 1. The van der Waals surface area contributed by atoms with Crippen LogP contribution in [0.15, 0.2) is 24.5 Å². The number of nitriles is 1. The summed E-state index contributed by atoms with van der Waals surface area (Å²) in [6.07, 6.45) is 2.62. The molecule has 34 heavy (non-hydrogen) atoms. The minimum atomic E-state index is -0.944. The normalized spacial score (nSPS) is 14.3. The molecule has 1 aliphatic heterocycles. The molecule has 4 N–H and O–H groups in total. The number of nitrogens with zero attached hydrogens (tertiary/aromatic N) is 4. The molecule has 0 bridgehead atoms. The minimum Gasteiger partial charge on any atom is -0.387 e. The molecule has 10 nitrogen and oxygen atoms in total. The van der Waals surface area contributed by atoms with E-state index in [0.717, 1.165) is 6.07 Å². The van der Waals surface area contributed by atoms with Gasteiger partial charge in [-0.2, -0.15) is 5.26 Å². The third kappa shape index (κ3) is 4.03. The Labute approximate surface area is 192 Å². The first kappa shape index (κ1) is 22.8. The molecule has 1 aliphatic rings. The van der Waals surface area contributed by atoms with E-state index in [0.29, 0.717) is 19.2 Å². The van der Waals surface area contributed by atoms with Gasteiger partial charge in [-0.15, -0.1) is 0 Å². The fourth-order valence-corrected chi connectivity index (χ4v) is 3.69. The summed E-state index contributed by atoms with van der Waals surface area (Å²) in [5.41, 5.74) is -0.0385. The number of hydrogen-bond acceptors (Lipinski definition) is 7. The molecule has 0 unspecified atom stereocenters. The highest BCUT2D eigenvalue weighted by molar-refractivity contribution is 6.14. The lowest BCUT2D eigenvalue weighted by Gasteiger charge is -2.37. The van der Waals surface area contributed by atoms with Crippen molar-refractivity contribution in [3.8, 4) is 6.07 Å². The average Bonchev–Trinajstić information content (AvgIpc) is 3.20. The van der Waals surface area contributed by atoms with Crippen LogP contribution in [-0.2, 0) is 4.79 Å². The van der Waals surface area contributed by atoms with Crippen molar-refractivity contribution in [1.82, 2.24) is 25.2 Å². The first-order chi connectivity index (χ1) is 16.2. The molecular weight excluding hydrogens is 446 g/mol. The van der Waals surface area contributed by atoms with E-state index >= 15 is 0 Å². The van der Waals surface area contributed by atoms with E-state index in [1.165, 1.54) is 31.3 Å². The van der Waals surface area contributed by atoms with Crippen LogP contribution in [0.25, 0.3) is 11.2 Å². The first-order valence-electron chi connectivity index (χ1n) is 10.3. The zero-order chi connectivity index (χ0) is 24.6. The molecule has 1 saturated heterocycles. The number of fused-ring (bicyclic) bond motifs is 1. The van der Waals surface area contributed by atoms with Gasteiger partial charge in [-0.1, -0.05) is 0 Å². The Hall–Kier alpha value is -4.40. The molecule has 12 heteroatoms. The van der Waals surface area contributed by atoms with Crippen molar-refractivity contribution in [3.63, 3.8) is 0 Å². The largest absolute Gasteiger partial charge is 0.387 e. The molecule has 2 amide bonds. The van der Waals surface area contributed by atoms with Crippen LogP contribution >= 0.6 is 0 Å².